The Bertz CT molecular complexity index is 288. The molecule has 3 nitrogen and oxygen atoms in total. The Kier molecular flexibility index (Phi) is 4.96. The van der Waals surface area contributed by atoms with Crippen molar-refractivity contribution in [2.45, 2.75) is 57.2 Å². The molecule has 1 amide bonds. The summed E-state index contributed by atoms with van der Waals surface area (Å²) < 4.78 is 0. The molecule has 18 heavy (non-hydrogen) atoms. The van der Waals surface area contributed by atoms with Crippen LogP contribution in [0.15, 0.2) is 0 Å². The van der Waals surface area contributed by atoms with Crippen LogP contribution in [0.25, 0.3) is 0 Å². The third-order valence-electron chi connectivity index (χ3n) is 4.28. The van der Waals surface area contributed by atoms with Crippen LogP contribution >= 0.6 is 11.8 Å². The molecule has 2 heterocycles. The fourth-order valence-electron chi connectivity index (χ4n) is 2.88. The molecule has 0 spiro atoms. The quantitative estimate of drug-likeness (QED) is 0.826. The van der Waals surface area contributed by atoms with Gasteiger partial charge in [0, 0.05) is 12.6 Å². The topological polar surface area (TPSA) is 41.1 Å². The van der Waals surface area contributed by atoms with Crippen molar-refractivity contribution < 1.29 is 4.79 Å². The molecule has 0 aliphatic carbocycles. The van der Waals surface area contributed by atoms with Gasteiger partial charge in [0.05, 0.1) is 5.25 Å². The van der Waals surface area contributed by atoms with Crippen molar-refractivity contribution in [1.82, 2.24) is 10.6 Å². The lowest BCUT2D eigenvalue weighted by Gasteiger charge is -2.39. The number of rotatable bonds is 3. The van der Waals surface area contributed by atoms with Crippen LogP contribution in [0.3, 0.4) is 0 Å². The van der Waals surface area contributed by atoms with Crippen LogP contribution in [-0.2, 0) is 4.79 Å². The van der Waals surface area contributed by atoms with Gasteiger partial charge < -0.3 is 10.6 Å². The van der Waals surface area contributed by atoms with Crippen molar-refractivity contribution in [3.63, 3.8) is 0 Å². The number of thioether (sulfide) groups is 1. The number of nitrogens with one attached hydrogen (secondary N) is 2. The summed E-state index contributed by atoms with van der Waals surface area (Å²) in [6, 6.07) is 0.420. The van der Waals surface area contributed by atoms with Crippen molar-refractivity contribution in [2.75, 3.05) is 18.8 Å². The second-order valence-electron chi connectivity index (χ2n) is 6.20. The van der Waals surface area contributed by atoms with Gasteiger partial charge in [0.25, 0.3) is 0 Å². The normalized spacial score (nSPS) is 31.9. The Morgan fingerprint density at radius 2 is 2.22 bits per heavy atom. The van der Waals surface area contributed by atoms with Crippen molar-refractivity contribution in [3.8, 4) is 0 Å². The average Bonchev–Trinajstić information content (AvgIpc) is 2.38. The van der Waals surface area contributed by atoms with Crippen LogP contribution < -0.4 is 10.6 Å². The molecular weight excluding hydrogens is 244 g/mol. The number of hydrogen-bond donors (Lipinski definition) is 2. The fourth-order valence-corrected chi connectivity index (χ4v) is 4.11. The van der Waals surface area contributed by atoms with E-state index < -0.39 is 0 Å². The molecule has 0 radical (unpaired) electrons. The summed E-state index contributed by atoms with van der Waals surface area (Å²) in [6.07, 6.45) is 6.02. The fraction of sp³-hybridized carbons (Fsp3) is 0.929. The van der Waals surface area contributed by atoms with Crippen molar-refractivity contribution >= 4 is 17.7 Å². The molecule has 0 aromatic carbocycles. The summed E-state index contributed by atoms with van der Waals surface area (Å²) in [5.74, 6) is 1.40. The van der Waals surface area contributed by atoms with Crippen LogP contribution in [0.2, 0.25) is 0 Å². The van der Waals surface area contributed by atoms with Gasteiger partial charge in [0.2, 0.25) is 5.91 Å². The molecule has 0 bridgehead atoms. The van der Waals surface area contributed by atoms with Gasteiger partial charge in [-0.2, -0.15) is 0 Å². The molecule has 4 heteroatoms. The lowest BCUT2D eigenvalue weighted by Crippen LogP contribution is -2.53. The first-order valence-electron chi connectivity index (χ1n) is 7.22. The van der Waals surface area contributed by atoms with Crippen molar-refractivity contribution in [1.29, 1.82) is 0 Å². The van der Waals surface area contributed by atoms with E-state index in [9.17, 15) is 4.79 Å². The average molecular weight is 270 g/mol. The van der Waals surface area contributed by atoms with Gasteiger partial charge >= 0.3 is 0 Å². The molecule has 0 saturated carbocycles. The predicted molar refractivity (Wildman–Crippen MR) is 77.9 cm³/mol. The van der Waals surface area contributed by atoms with Crippen LogP contribution in [0.1, 0.15) is 46.0 Å². The minimum Gasteiger partial charge on any atom is -0.354 e. The van der Waals surface area contributed by atoms with Gasteiger partial charge in [-0.1, -0.05) is 20.3 Å². The number of carbonyl (C=O) groups is 1. The van der Waals surface area contributed by atoms with Crippen LogP contribution in [0.5, 0.6) is 0 Å². The molecule has 2 unspecified atom stereocenters. The van der Waals surface area contributed by atoms with E-state index in [1.54, 1.807) is 0 Å². The van der Waals surface area contributed by atoms with Gasteiger partial charge in [0.15, 0.2) is 0 Å². The van der Waals surface area contributed by atoms with Crippen LogP contribution in [0, 0.1) is 5.41 Å². The molecule has 2 N–H and O–H groups in total. The van der Waals surface area contributed by atoms with Gasteiger partial charge in [-0.15, -0.1) is 11.8 Å². The maximum absolute atomic E-state index is 12.1. The van der Waals surface area contributed by atoms with Crippen LogP contribution in [-0.4, -0.2) is 36.0 Å². The molecular formula is C14H26N2OS. The standard InChI is InChI=1S/C14H26N2OS/c1-14(2)7-5-8-15-12(14)10-16-13(17)11-6-3-4-9-18-11/h11-12,15H,3-10H2,1-2H3,(H,16,17). The van der Waals surface area contributed by atoms with E-state index >= 15 is 0 Å². The van der Waals surface area contributed by atoms with E-state index in [1.165, 1.54) is 25.7 Å². The zero-order valence-electron chi connectivity index (χ0n) is 11.6. The number of hydrogen-bond acceptors (Lipinski definition) is 3. The van der Waals surface area contributed by atoms with Gasteiger partial charge in [-0.25, -0.2) is 0 Å². The first-order valence-corrected chi connectivity index (χ1v) is 8.27. The minimum atomic E-state index is 0.199. The molecule has 2 fully saturated rings. The van der Waals surface area contributed by atoms with E-state index in [4.69, 9.17) is 0 Å². The first-order chi connectivity index (χ1) is 8.59. The van der Waals surface area contributed by atoms with E-state index in [0.717, 1.165) is 25.3 Å². The SMILES string of the molecule is CC1(C)CCCNC1CNC(=O)C1CCCCS1. The predicted octanol–water partition coefficient (Wildman–Crippen LogP) is 2.17. The largest absolute Gasteiger partial charge is 0.354 e. The summed E-state index contributed by atoms with van der Waals surface area (Å²) in [5.41, 5.74) is 0.297. The number of piperidine rings is 1. The number of carbonyl (C=O) groups excluding carboxylic acids is 1. The zero-order valence-corrected chi connectivity index (χ0v) is 12.4. The maximum Gasteiger partial charge on any atom is 0.233 e. The van der Waals surface area contributed by atoms with Gasteiger partial charge in [0.1, 0.15) is 0 Å². The summed E-state index contributed by atoms with van der Waals surface area (Å²) >= 11 is 1.83. The second kappa shape index (κ2) is 6.29. The molecule has 2 aliphatic heterocycles. The number of amides is 1. The van der Waals surface area contributed by atoms with E-state index in [2.05, 4.69) is 24.5 Å². The highest BCUT2D eigenvalue weighted by Gasteiger charge is 2.32. The molecule has 2 aliphatic rings. The van der Waals surface area contributed by atoms with E-state index in [1.807, 2.05) is 11.8 Å². The molecule has 2 atom stereocenters. The van der Waals surface area contributed by atoms with Crippen molar-refractivity contribution in [3.05, 3.63) is 0 Å². The third kappa shape index (κ3) is 3.64. The molecule has 0 aromatic rings. The smallest absolute Gasteiger partial charge is 0.233 e. The summed E-state index contributed by atoms with van der Waals surface area (Å²) in [7, 11) is 0. The summed E-state index contributed by atoms with van der Waals surface area (Å²) in [5, 5.41) is 6.90. The minimum absolute atomic E-state index is 0.199. The Balaban J connectivity index is 1.77. The van der Waals surface area contributed by atoms with E-state index in [0.29, 0.717) is 11.5 Å². The molecule has 2 rings (SSSR count). The Morgan fingerprint density at radius 3 is 2.89 bits per heavy atom. The monoisotopic (exact) mass is 270 g/mol. The summed E-state index contributed by atoms with van der Waals surface area (Å²) in [4.78, 5) is 12.1. The van der Waals surface area contributed by atoms with Gasteiger partial charge in [-0.05, 0) is 43.4 Å². The maximum atomic E-state index is 12.1. The highest BCUT2D eigenvalue weighted by molar-refractivity contribution is 8.00. The summed E-state index contributed by atoms with van der Waals surface area (Å²) in [6.45, 7) is 6.46. The lowest BCUT2D eigenvalue weighted by atomic mass is 9.77. The molecule has 104 valence electrons. The van der Waals surface area contributed by atoms with Gasteiger partial charge in [-0.3, -0.25) is 4.79 Å². The highest BCUT2D eigenvalue weighted by Crippen LogP contribution is 2.30. The molecule has 0 aromatic heterocycles. The third-order valence-corrected chi connectivity index (χ3v) is 5.66. The van der Waals surface area contributed by atoms with E-state index in [-0.39, 0.29) is 11.2 Å². The Hall–Kier alpha value is -0.220. The first kappa shape index (κ1) is 14.2. The molecule has 2 saturated heterocycles. The lowest BCUT2D eigenvalue weighted by molar-refractivity contribution is -0.121. The Morgan fingerprint density at radius 1 is 1.39 bits per heavy atom. The highest BCUT2D eigenvalue weighted by atomic mass is 32.2. The second-order valence-corrected chi connectivity index (χ2v) is 7.51. The Labute approximate surface area is 115 Å². The zero-order chi connectivity index (χ0) is 13.0. The van der Waals surface area contributed by atoms with Crippen molar-refractivity contribution in [2.24, 2.45) is 5.41 Å². The van der Waals surface area contributed by atoms with Crippen LogP contribution in [0.4, 0.5) is 0 Å².